The lowest BCUT2D eigenvalue weighted by molar-refractivity contribution is -0.216. The third kappa shape index (κ3) is 3.54. The van der Waals surface area contributed by atoms with Crippen LogP contribution in [0.25, 0.3) is 0 Å². The molecule has 1 aromatic heterocycles. The highest BCUT2D eigenvalue weighted by Gasteiger charge is 2.64. The number of nitrogens with one attached hydrogen (secondary N) is 1. The summed E-state index contributed by atoms with van der Waals surface area (Å²) in [4.78, 5) is 4.32. The summed E-state index contributed by atoms with van der Waals surface area (Å²) in [6.45, 7) is 5.46. The zero-order valence-corrected chi connectivity index (χ0v) is 17.5. The molecule has 1 atom stereocenters. The molecular formula is C20H19F3N2OS2. The maximum Gasteiger partial charge on any atom is 0.302 e. The van der Waals surface area contributed by atoms with Crippen molar-refractivity contribution >= 4 is 28.5 Å². The van der Waals surface area contributed by atoms with Crippen LogP contribution in [0.1, 0.15) is 42.6 Å². The first-order valence-electron chi connectivity index (χ1n) is 8.53. The van der Waals surface area contributed by atoms with Gasteiger partial charge in [0.25, 0.3) is 0 Å². The van der Waals surface area contributed by atoms with Crippen LogP contribution in [0.2, 0.25) is 0 Å². The second-order valence-corrected chi connectivity index (χ2v) is 8.80. The maximum atomic E-state index is 15.5. The van der Waals surface area contributed by atoms with E-state index in [4.69, 9.17) is 17.0 Å². The first kappa shape index (κ1) is 20.8. The number of aryl methyl sites for hydroxylation is 1. The van der Waals surface area contributed by atoms with E-state index in [0.29, 0.717) is 11.3 Å². The molecule has 0 amide bonds. The lowest BCUT2D eigenvalue weighted by Gasteiger charge is -2.43. The van der Waals surface area contributed by atoms with E-state index in [1.165, 1.54) is 44.2 Å². The number of alkyl halides is 2. The van der Waals surface area contributed by atoms with Gasteiger partial charge in [0.1, 0.15) is 27.6 Å². The summed E-state index contributed by atoms with van der Waals surface area (Å²) in [7, 11) is 0. The molecule has 1 saturated heterocycles. The minimum absolute atomic E-state index is 0.0848. The Bertz CT molecular complexity index is 991. The smallest absolute Gasteiger partial charge is 0.302 e. The maximum absolute atomic E-state index is 15.5. The fourth-order valence-electron chi connectivity index (χ4n) is 3.11. The van der Waals surface area contributed by atoms with E-state index in [9.17, 15) is 4.39 Å². The van der Waals surface area contributed by atoms with Crippen molar-refractivity contribution < 1.29 is 17.9 Å². The van der Waals surface area contributed by atoms with Crippen molar-refractivity contribution in [2.45, 2.75) is 44.8 Å². The minimum Gasteiger partial charge on any atom is -0.363 e. The van der Waals surface area contributed by atoms with Crippen molar-refractivity contribution in [2.24, 2.45) is 0 Å². The van der Waals surface area contributed by atoms with Crippen LogP contribution in [0.3, 0.4) is 0 Å². The normalized spacial score (nSPS) is 23.3. The number of aromatic nitrogens is 1. The highest BCUT2D eigenvalue weighted by atomic mass is 32.1. The lowest BCUT2D eigenvalue weighted by atomic mass is 9.77. The van der Waals surface area contributed by atoms with Crippen molar-refractivity contribution in [2.75, 3.05) is 6.61 Å². The molecule has 0 bridgehead atoms. The number of thiazole rings is 1. The number of halogens is 3. The van der Waals surface area contributed by atoms with Gasteiger partial charge in [-0.05, 0) is 51.8 Å². The zero-order valence-electron chi connectivity index (χ0n) is 15.8. The Morgan fingerprint density at radius 1 is 1.25 bits per heavy atom. The third-order valence-electron chi connectivity index (χ3n) is 4.80. The van der Waals surface area contributed by atoms with Crippen LogP contribution in [-0.4, -0.2) is 28.1 Å². The van der Waals surface area contributed by atoms with E-state index in [0.717, 1.165) is 11.1 Å². The predicted octanol–water partition coefficient (Wildman–Crippen LogP) is 4.57. The van der Waals surface area contributed by atoms with Crippen molar-refractivity contribution in [1.29, 1.82) is 0 Å². The van der Waals surface area contributed by atoms with Crippen molar-refractivity contribution in [1.82, 2.24) is 10.3 Å². The molecule has 0 saturated carbocycles. The first-order chi connectivity index (χ1) is 13.0. The Hall–Kier alpha value is -1.95. The molecular weight excluding hydrogens is 405 g/mol. The van der Waals surface area contributed by atoms with Crippen LogP contribution in [0.4, 0.5) is 13.2 Å². The Kier molecular flexibility index (Phi) is 5.30. The molecule has 148 valence electrons. The Morgan fingerprint density at radius 3 is 2.61 bits per heavy atom. The summed E-state index contributed by atoms with van der Waals surface area (Å²) in [5, 5.41) is 5.29. The quantitative estimate of drug-likeness (QED) is 0.537. The number of thiocarbonyl (C=S) groups is 1. The van der Waals surface area contributed by atoms with Crippen LogP contribution in [0.5, 0.6) is 0 Å². The Morgan fingerprint density at radius 2 is 1.96 bits per heavy atom. The van der Waals surface area contributed by atoms with Crippen LogP contribution >= 0.6 is 23.6 Å². The molecule has 0 aliphatic carbocycles. The number of hydrogen-bond acceptors (Lipinski definition) is 4. The second-order valence-electron chi connectivity index (χ2n) is 7.24. The third-order valence-corrected chi connectivity index (χ3v) is 5.79. The number of benzene rings is 1. The predicted molar refractivity (Wildman–Crippen MR) is 107 cm³/mol. The summed E-state index contributed by atoms with van der Waals surface area (Å²) in [6.07, 6.45) is 0. The monoisotopic (exact) mass is 424 g/mol. The molecule has 0 spiro atoms. The molecule has 2 aromatic rings. The molecule has 1 fully saturated rings. The highest BCUT2D eigenvalue weighted by Crippen LogP contribution is 2.48. The van der Waals surface area contributed by atoms with Gasteiger partial charge in [0.15, 0.2) is 0 Å². The standard InChI is InChI=1S/C20H19F3N2OS2/c1-12-24-14(11-28-12)7-5-13-6-8-16(21)15(9-13)19(4)20(22,23)18(2,3)26-10-17(27)25-19/h6,8-9,11H,10H2,1-4H3,(H,25,27)/t19-/m1/s1. The molecule has 0 unspecified atom stereocenters. The first-order valence-corrected chi connectivity index (χ1v) is 9.82. The summed E-state index contributed by atoms with van der Waals surface area (Å²) < 4.78 is 50.9. The van der Waals surface area contributed by atoms with Gasteiger partial charge in [-0.15, -0.1) is 11.3 Å². The number of nitrogens with zero attached hydrogens (tertiary/aromatic N) is 1. The summed E-state index contributed by atoms with van der Waals surface area (Å²) in [5.41, 5.74) is -3.22. The van der Waals surface area contributed by atoms with Gasteiger partial charge in [0, 0.05) is 16.5 Å². The van der Waals surface area contributed by atoms with Crippen LogP contribution < -0.4 is 5.32 Å². The number of ether oxygens (including phenoxy) is 1. The van der Waals surface area contributed by atoms with Gasteiger partial charge < -0.3 is 10.1 Å². The number of hydrogen-bond donors (Lipinski definition) is 1. The number of rotatable bonds is 1. The lowest BCUT2D eigenvalue weighted by Crippen LogP contribution is -2.62. The minimum atomic E-state index is -3.47. The molecule has 3 rings (SSSR count). The molecule has 28 heavy (non-hydrogen) atoms. The van der Waals surface area contributed by atoms with Crippen molar-refractivity contribution in [3.63, 3.8) is 0 Å². The molecule has 1 aliphatic heterocycles. The van der Waals surface area contributed by atoms with Crippen LogP contribution in [-0.2, 0) is 10.3 Å². The second kappa shape index (κ2) is 7.14. The molecule has 3 nitrogen and oxygen atoms in total. The van der Waals surface area contributed by atoms with E-state index in [-0.39, 0.29) is 17.2 Å². The highest BCUT2D eigenvalue weighted by molar-refractivity contribution is 7.80. The van der Waals surface area contributed by atoms with E-state index in [1.54, 1.807) is 5.38 Å². The summed E-state index contributed by atoms with van der Waals surface area (Å²) in [5.74, 6) is 1.49. The summed E-state index contributed by atoms with van der Waals surface area (Å²) >= 11 is 6.57. The topological polar surface area (TPSA) is 34.2 Å². The van der Waals surface area contributed by atoms with Gasteiger partial charge in [-0.3, -0.25) is 0 Å². The summed E-state index contributed by atoms with van der Waals surface area (Å²) in [6, 6.07) is 3.91. The average Bonchev–Trinajstić information content (AvgIpc) is 3.01. The molecule has 2 heterocycles. The fourth-order valence-corrected chi connectivity index (χ4v) is 3.92. The van der Waals surface area contributed by atoms with Crippen LogP contribution in [0, 0.1) is 24.6 Å². The SMILES string of the molecule is Cc1nc(C#Cc2ccc(F)c([C@@]3(C)NC(=S)COC(C)(C)C3(F)F)c2)cs1. The van der Waals surface area contributed by atoms with Crippen molar-refractivity contribution in [3.8, 4) is 11.8 Å². The zero-order chi connectivity index (χ0) is 20.7. The molecule has 1 aliphatic rings. The molecule has 8 heteroatoms. The van der Waals surface area contributed by atoms with Gasteiger partial charge in [0.2, 0.25) is 0 Å². The largest absolute Gasteiger partial charge is 0.363 e. The van der Waals surface area contributed by atoms with E-state index < -0.39 is 22.9 Å². The molecule has 1 aromatic carbocycles. The van der Waals surface area contributed by atoms with Gasteiger partial charge in [0.05, 0.1) is 11.6 Å². The van der Waals surface area contributed by atoms with Crippen molar-refractivity contribution in [3.05, 3.63) is 51.2 Å². The fraction of sp³-hybridized carbons (Fsp3) is 0.400. The molecule has 0 radical (unpaired) electrons. The van der Waals surface area contributed by atoms with Gasteiger partial charge in [-0.2, -0.15) is 0 Å². The van der Waals surface area contributed by atoms with Gasteiger partial charge in [-0.25, -0.2) is 18.2 Å². The average molecular weight is 425 g/mol. The van der Waals surface area contributed by atoms with Gasteiger partial charge >= 0.3 is 5.92 Å². The molecule has 1 N–H and O–H groups in total. The van der Waals surface area contributed by atoms with E-state index in [1.807, 2.05) is 6.92 Å². The van der Waals surface area contributed by atoms with Crippen LogP contribution in [0.15, 0.2) is 23.6 Å². The Labute approximate surface area is 171 Å². The van der Waals surface area contributed by atoms with Gasteiger partial charge in [-0.1, -0.05) is 18.1 Å². The van der Waals surface area contributed by atoms with E-state index >= 15 is 8.78 Å². The van der Waals surface area contributed by atoms with E-state index in [2.05, 4.69) is 22.1 Å². The Balaban J connectivity index is 2.10.